The molecule has 0 saturated carbocycles. The molecule has 1 amide bonds. The fourth-order valence-electron chi connectivity index (χ4n) is 3.26. The van der Waals surface area contributed by atoms with Gasteiger partial charge in [-0.1, -0.05) is 12.1 Å². The average molecular weight is 324 g/mol. The van der Waals surface area contributed by atoms with E-state index in [0.29, 0.717) is 12.2 Å². The molecule has 122 valence electrons. The van der Waals surface area contributed by atoms with Crippen LogP contribution >= 0.6 is 0 Å². The zero-order valence-corrected chi connectivity index (χ0v) is 13.2. The number of carbonyl (C=O) groups is 2. The molecule has 4 rings (SSSR count). The molecule has 1 N–H and O–H groups in total. The molecule has 1 aromatic carbocycles. The van der Waals surface area contributed by atoms with Crippen LogP contribution in [-0.4, -0.2) is 54.5 Å². The van der Waals surface area contributed by atoms with Crippen LogP contribution in [-0.2, 0) is 4.79 Å². The zero-order chi connectivity index (χ0) is 16.5. The predicted molar refractivity (Wildman–Crippen MR) is 88.1 cm³/mol. The van der Waals surface area contributed by atoms with Gasteiger partial charge in [-0.3, -0.25) is 14.5 Å². The second kappa shape index (κ2) is 6.01. The summed E-state index contributed by atoms with van der Waals surface area (Å²) in [4.78, 5) is 37.9. The maximum absolute atomic E-state index is 12.3. The molecule has 0 aliphatic carbocycles. The smallest absolute Gasteiger partial charge is 0.303 e. The molecule has 2 aliphatic rings. The SMILES string of the molecule is O=C1C(=O)N(C[NH+]2CCN(c3ncccn3)CC2)c2ccccc21. The van der Waals surface area contributed by atoms with Gasteiger partial charge in [-0.05, 0) is 18.2 Å². The molecule has 2 aliphatic heterocycles. The second-order valence-corrected chi connectivity index (χ2v) is 6.02. The van der Waals surface area contributed by atoms with Gasteiger partial charge in [0.15, 0.2) is 6.67 Å². The van der Waals surface area contributed by atoms with Crippen LogP contribution in [0.4, 0.5) is 11.6 Å². The predicted octanol–water partition coefficient (Wildman–Crippen LogP) is -0.631. The topological polar surface area (TPSA) is 70.8 Å². The summed E-state index contributed by atoms with van der Waals surface area (Å²) in [6.07, 6.45) is 3.49. The van der Waals surface area contributed by atoms with Gasteiger partial charge in [-0.2, -0.15) is 0 Å². The highest BCUT2D eigenvalue weighted by molar-refractivity contribution is 6.52. The third kappa shape index (κ3) is 2.52. The van der Waals surface area contributed by atoms with Crippen molar-refractivity contribution in [2.45, 2.75) is 0 Å². The van der Waals surface area contributed by atoms with Gasteiger partial charge in [0, 0.05) is 12.4 Å². The van der Waals surface area contributed by atoms with Crippen molar-refractivity contribution in [3.05, 3.63) is 48.3 Å². The number of rotatable bonds is 3. The molecular weight excluding hydrogens is 306 g/mol. The Morgan fingerprint density at radius 2 is 1.71 bits per heavy atom. The summed E-state index contributed by atoms with van der Waals surface area (Å²) in [7, 11) is 0. The first-order valence-electron chi connectivity index (χ1n) is 8.05. The van der Waals surface area contributed by atoms with E-state index < -0.39 is 11.7 Å². The summed E-state index contributed by atoms with van der Waals surface area (Å²) in [5.74, 6) is -0.0758. The van der Waals surface area contributed by atoms with Crippen molar-refractivity contribution in [3.63, 3.8) is 0 Å². The van der Waals surface area contributed by atoms with Crippen LogP contribution in [0.15, 0.2) is 42.7 Å². The Morgan fingerprint density at radius 1 is 1.00 bits per heavy atom. The number of Topliss-reactive ketones (excluding diaryl/α,β-unsaturated/α-hetero) is 1. The van der Waals surface area contributed by atoms with E-state index in [1.165, 1.54) is 4.90 Å². The Labute approximate surface area is 139 Å². The fourth-order valence-corrected chi connectivity index (χ4v) is 3.26. The number of ketones is 1. The molecule has 1 aromatic heterocycles. The molecule has 0 spiro atoms. The molecule has 7 heteroatoms. The second-order valence-electron chi connectivity index (χ2n) is 6.02. The summed E-state index contributed by atoms with van der Waals surface area (Å²) in [5, 5.41) is 0. The minimum Gasteiger partial charge on any atom is -0.330 e. The largest absolute Gasteiger partial charge is 0.330 e. The molecule has 0 radical (unpaired) electrons. The van der Waals surface area contributed by atoms with Gasteiger partial charge in [-0.15, -0.1) is 0 Å². The maximum atomic E-state index is 12.3. The van der Waals surface area contributed by atoms with Crippen molar-refractivity contribution in [3.8, 4) is 0 Å². The first kappa shape index (κ1) is 14.8. The number of quaternary nitrogens is 1. The van der Waals surface area contributed by atoms with Gasteiger partial charge >= 0.3 is 5.91 Å². The third-order valence-corrected chi connectivity index (χ3v) is 4.57. The van der Waals surface area contributed by atoms with E-state index in [0.717, 1.165) is 37.8 Å². The van der Waals surface area contributed by atoms with Crippen molar-refractivity contribution in [2.24, 2.45) is 0 Å². The van der Waals surface area contributed by atoms with Crippen LogP contribution in [0.2, 0.25) is 0 Å². The highest BCUT2D eigenvalue weighted by Crippen LogP contribution is 2.27. The number of anilines is 2. The average Bonchev–Trinajstić information content (AvgIpc) is 2.88. The van der Waals surface area contributed by atoms with Crippen LogP contribution in [0, 0.1) is 0 Å². The van der Waals surface area contributed by atoms with E-state index in [-0.39, 0.29) is 0 Å². The molecule has 1 fully saturated rings. The highest BCUT2D eigenvalue weighted by atomic mass is 16.2. The van der Waals surface area contributed by atoms with Crippen LogP contribution in [0.1, 0.15) is 10.4 Å². The normalized spacial score (nSPS) is 18.2. The Bertz CT molecular complexity index is 772. The zero-order valence-electron chi connectivity index (χ0n) is 13.2. The fraction of sp³-hybridized carbons (Fsp3) is 0.294. The Balaban J connectivity index is 1.43. The van der Waals surface area contributed by atoms with E-state index in [4.69, 9.17) is 0 Å². The lowest BCUT2D eigenvalue weighted by atomic mass is 10.1. The molecule has 3 heterocycles. The maximum Gasteiger partial charge on any atom is 0.303 e. The molecule has 1 saturated heterocycles. The van der Waals surface area contributed by atoms with Crippen molar-refractivity contribution in [1.82, 2.24) is 9.97 Å². The molecule has 0 bridgehead atoms. The first-order chi connectivity index (χ1) is 11.7. The third-order valence-electron chi connectivity index (χ3n) is 4.57. The van der Waals surface area contributed by atoms with Gasteiger partial charge in [0.05, 0.1) is 37.4 Å². The highest BCUT2D eigenvalue weighted by Gasteiger charge is 2.38. The van der Waals surface area contributed by atoms with Gasteiger partial charge < -0.3 is 9.80 Å². The number of piperazine rings is 1. The lowest BCUT2D eigenvalue weighted by molar-refractivity contribution is -0.899. The summed E-state index contributed by atoms with van der Waals surface area (Å²) < 4.78 is 0. The number of aromatic nitrogens is 2. The monoisotopic (exact) mass is 324 g/mol. The number of hydrogen-bond donors (Lipinski definition) is 1. The van der Waals surface area contributed by atoms with Gasteiger partial charge in [0.2, 0.25) is 5.95 Å². The molecule has 0 atom stereocenters. The standard InChI is InChI=1S/C17H17N5O2/c23-15-13-4-1-2-5-14(13)22(16(15)24)12-20-8-10-21(11-9-20)17-18-6-3-7-19-17/h1-7H,8-12H2/p+1. The number of benzene rings is 1. The van der Waals surface area contributed by atoms with E-state index in [1.807, 2.05) is 12.1 Å². The van der Waals surface area contributed by atoms with E-state index >= 15 is 0 Å². The first-order valence-corrected chi connectivity index (χ1v) is 8.05. The number of nitrogens with one attached hydrogen (secondary N) is 1. The molecular formula is C17H18N5O2+. The van der Waals surface area contributed by atoms with E-state index in [1.54, 1.807) is 35.5 Å². The van der Waals surface area contributed by atoms with Crippen LogP contribution < -0.4 is 14.7 Å². The van der Waals surface area contributed by atoms with Crippen LogP contribution in [0.5, 0.6) is 0 Å². The van der Waals surface area contributed by atoms with Crippen molar-refractivity contribution >= 4 is 23.3 Å². The number of hydrogen-bond acceptors (Lipinski definition) is 5. The summed E-state index contributed by atoms with van der Waals surface area (Å²) in [5.41, 5.74) is 1.24. The number of nitrogens with zero attached hydrogens (tertiary/aromatic N) is 4. The molecule has 24 heavy (non-hydrogen) atoms. The van der Waals surface area contributed by atoms with Crippen molar-refractivity contribution < 1.29 is 14.5 Å². The Kier molecular flexibility index (Phi) is 3.70. The number of amides is 1. The summed E-state index contributed by atoms with van der Waals surface area (Å²) >= 11 is 0. The quantitative estimate of drug-likeness (QED) is 0.761. The van der Waals surface area contributed by atoms with Gasteiger partial charge in [-0.25, -0.2) is 9.97 Å². The van der Waals surface area contributed by atoms with Gasteiger partial charge in [0.25, 0.3) is 5.78 Å². The van der Waals surface area contributed by atoms with Crippen molar-refractivity contribution in [1.29, 1.82) is 0 Å². The van der Waals surface area contributed by atoms with Gasteiger partial charge in [0.1, 0.15) is 0 Å². The van der Waals surface area contributed by atoms with Crippen LogP contribution in [0.3, 0.4) is 0 Å². The summed E-state index contributed by atoms with van der Waals surface area (Å²) in [6.45, 7) is 3.93. The molecule has 7 nitrogen and oxygen atoms in total. The lowest BCUT2D eigenvalue weighted by Gasteiger charge is -2.33. The summed E-state index contributed by atoms with van der Waals surface area (Å²) in [6, 6.07) is 9.01. The minimum absolute atomic E-state index is 0.402. The number of para-hydroxylation sites is 1. The van der Waals surface area contributed by atoms with Crippen LogP contribution in [0.25, 0.3) is 0 Å². The minimum atomic E-state index is -0.419. The van der Waals surface area contributed by atoms with Crippen molar-refractivity contribution in [2.75, 3.05) is 42.6 Å². The molecule has 0 unspecified atom stereocenters. The Morgan fingerprint density at radius 3 is 2.46 bits per heavy atom. The number of carbonyl (C=O) groups excluding carboxylic acids is 2. The lowest BCUT2D eigenvalue weighted by Crippen LogP contribution is -3.16. The van der Waals surface area contributed by atoms with E-state index in [9.17, 15) is 9.59 Å². The Hall–Kier alpha value is -2.80. The number of fused-ring (bicyclic) bond motifs is 1. The molecule has 2 aromatic rings. The van der Waals surface area contributed by atoms with E-state index in [2.05, 4.69) is 14.9 Å².